The van der Waals surface area contributed by atoms with Gasteiger partial charge in [0.05, 0.1) is 17.1 Å². The number of hydrogen-bond donors (Lipinski definition) is 1. The van der Waals surface area contributed by atoms with Gasteiger partial charge in [0.25, 0.3) is 0 Å². The maximum atomic E-state index is 5.24. The topological polar surface area (TPSA) is 37.9 Å². The Bertz CT molecular complexity index is 521. The Morgan fingerprint density at radius 3 is 2.94 bits per heavy atom. The second-order valence-corrected chi connectivity index (χ2v) is 5.30. The maximum absolute atomic E-state index is 5.24. The van der Waals surface area contributed by atoms with Crippen LogP contribution in [-0.4, -0.2) is 23.2 Å². The van der Waals surface area contributed by atoms with E-state index < -0.39 is 0 Å². The molecule has 1 aromatic carbocycles. The normalized spacial score (nSPS) is 13.2. The number of methoxy groups -OCH3 is 1. The molecular formula is C13H17BrN2O. The molecule has 0 radical (unpaired) electrons. The molecule has 0 aliphatic rings. The van der Waals surface area contributed by atoms with E-state index in [2.05, 4.69) is 51.9 Å². The van der Waals surface area contributed by atoms with Crippen LogP contribution in [0.4, 0.5) is 0 Å². The number of aryl methyl sites for hydroxylation is 2. The molecule has 0 saturated carbocycles. The number of benzene rings is 1. The summed E-state index contributed by atoms with van der Waals surface area (Å²) in [4.78, 5) is 7.99. The Labute approximate surface area is 110 Å². The number of nitrogens with zero attached hydrogens (tertiary/aromatic N) is 1. The Morgan fingerprint density at radius 2 is 2.24 bits per heavy atom. The zero-order valence-electron chi connectivity index (χ0n) is 10.4. The third kappa shape index (κ3) is 2.87. The van der Waals surface area contributed by atoms with Gasteiger partial charge in [0, 0.05) is 18.0 Å². The van der Waals surface area contributed by atoms with E-state index in [-0.39, 0.29) is 6.10 Å². The van der Waals surface area contributed by atoms with Crippen molar-refractivity contribution in [3.05, 3.63) is 28.0 Å². The van der Waals surface area contributed by atoms with Crippen molar-refractivity contribution in [2.45, 2.75) is 32.8 Å². The summed E-state index contributed by atoms with van der Waals surface area (Å²) < 4.78 is 6.33. The number of H-pyrrole nitrogens is 1. The van der Waals surface area contributed by atoms with Crippen LogP contribution in [-0.2, 0) is 11.2 Å². The van der Waals surface area contributed by atoms with Gasteiger partial charge in [-0.05, 0) is 38.0 Å². The molecule has 1 atom stereocenters. The number of hydrogen-bond acceptors (Lipinski definition) is 2. The number of ether oxygens (including phenoxy) is 1. The molecule has 0 fully saturated rings. The summed E-state index contributed by atoms with van der Waals surface area (Å²) in [6.07, 6.45) is 2.17. The summed E-state index contributed by atoms with van der Waals surface area (Å²) in [7, 11) is 1.74. The van der Waals surface area contributed by atoms with Crippen LogP contribution >= 0.6 is 15.9 Å². The van der Waals surface area contributed by atoms with Gasteiger partial charge in [0.2, 0.25) is 0 Å². The van der Waals surface area contributed by atoms with E-state index in [1.165, 1.54) is 5.56 Å². The maximum Gasteiger partial charge on any atom is 0.107 e. The lowest BCUT2D eigenvalue weighted by atomic mass is 10.2. The Hall–Kier alpha value is -0.870. The van der Waals surface area contributed by atoms with Crippen molar-refractivity contribution in [1.82, 2.24) is 9.97 Å². The molecular weight excluding hydrogens is 280 g/mol. The van der Waals surface area contributed by atoms with Crippen LogP contribution in [0.2, 0.25) is 0 Å². The SMILES string of the molecule is COC(C)CCc1nc2c(C)cc(Br)cc2[nH]1. The molecule has 2 rings (SSSR count). The number of aromatic amines is 1. The third-order valence-electron chi connectivity index (χ3n) is 2.98. The molecule has 1 unspecified atom stereocenters. The molecule has 0 amide bonds. The quantitative estimate of drug-likeness (QED) is 0.936. The first-order chi connectivity index (χ1) is 8.10. The fourth-order valence-electron chi connectivity index (χ4n) is 1.87. The van der Waals surface area contributed by atoms with Gasteiger partial charge in [-0.25, -0.2) is 4.98 Å². The average molecular weight is 297 g/mol. The van der Waals surface area contributed by atoms with Crippen molar-refractivity contribution in [2.24, 2.45) is 0 Å². The summed E-state index contributed by atoms with van der Waals surface area (Å²) in [5, 5.41) is 0. The number of fused-ring (bicyclic) bond motifs is 1. The van der Waals surface area contributed by atoms with Crippen molar-refractivity contribution < 1.29 is 4.74 Å². The van der Waals surface area contributed by atoms with Gasteiger partial charge in [-0.2, -0.15) is 0 Å². The molecule has 1 aromatic heterocycles. The predicted octanol–water partition coefficient (Wildman–Crippen LogP) is 3.60. The van der Waals surface area contributed by atoms with Gasteiger partial charge in [0.1, 0.15) is 5.82 Å². The highest BCUT2D eigenvalue weighted by atomic mass is 79.9. The summed E-state index contributed by atoms with van der Waals surface area (Å²) in [5.74, 6) is 1.03. The third-order valence-corrected chi connectivity index (χ3v) is 3.44. The molecule has 92 valence electrons. The molecule has 17 heavy (non-hydrogen) atoms. The molecule has 1 N–H and O–H groups in total. The van der Waals surface area contributed by atoms with E-state index in [0.717, 1.165) is 34.2 Å². The van der Waals surface area contributed by atoms with Gasteiger partial charge in [-0.1, -0.05) is 15.9 Å². The molecule has 0 saturated heterocycles. The Balaban J connectivity index is 2.23. The summed E-state index contributed by atoms with van der Waals surface area (Å²) in [6.45, 7) is 4.15. The summed E-state index contributed by atoms with van der Waals surface area (Å²) >= 11 is 3.50. The Kier molecular flexibility index (Phi) is 3.84. The molecule has 1 heterocycles. The van der Waals surface area contributed by atoms with Crippen LogP contribution in [0.15, 0.2) is 16.6 Å². The predicted molar refractivity (Wildman–Crippen MR) is 73.3 cm³/mol. The van der Waals surface area contributed by atoms with Crippen LogP contribution in [0.1, 0.15) is 24.7 Å². The van der Waals surface area contributed by atoms with Crippen LogP contribution in [0, 0.1) is 6.92 Å². The lowest BCUT2D eigenvalue weighted by molar-refractivity contribution is 0.111. The molecule has 2 aromatic rings. The van der Waals surface area contributed by atoms with Crippen LogP contribution < -0.4 is 0 Å². The molecule has 0 aliphatic carbocycles. The minimum absolute atomic E-state index is 0.274. The molecule has 0 bridgehead atoms. The largest absolute Gasteiger partial charge is 0.382 e. The highest BCUT2D eigenvalue weighted by Gasteiger charge is 2.08. The van der Waals surface area contributed by atoms with Gasteiger partial charge in [0.15, 0.2) is 0 Å². The van der Waals surface area contributed by atoms with E-state index in [1.807, 2.05) is 0 Å². The standard InChI is InChI=1S/C13H17BrN2O/c1-8-6-10(14)7-11-13(8)16-12(15-11)5-4-9(2)17-3/h6-7,9H,4-5H2,1-3H3,(H,15,16). The van der Waals surface area contributed by atoms with Crippen molar-refractivity contribution in [3.8, 4) is 0 Å². The van der Waals surface area contributed by atoms with Crippen LogP contribution in [0.25, 0.3) is 11.0 Å². The number of nitrogens with one attached hydrogen (secondary N) is 1. The van der Waals surface area contributed by atoms with Crippen LogP contribution in [0.3, 0.4) is 0 Å². The Morgan fingerprint density at radius 1 is 1.47 bits per heavy atom. The molecule has 0 spiro atoms. The first-order valence-electron chi connectivity index (χ1n) is 5.77. The first-order valence-corrected chi connectivity index (χ1v) is 6.57. The number of imidazole rings is 1. The van der Waals surface area contributed by atoms with E-state index in [9.17, 15) is 0 Å². The lowest BCUT2D eigenvalue weighted by Gasteiger charge is -2.06. The zero-order chi connectivity index (χ0) is 12.4. The number of aromatic nitrogens is 2. The minimum atomic E-state index is 0.274. The first kappa shape index (κ1) is 12.6. The van der Waals surface area contributed by atoms with Gasteiger partial charge >= 0.3 is 0 Å². The van der Waals surface area contributed by atoms with Crippen molar-refractivity contribution >= 4 is 27.0 Å². The van der Waals surface area contributed by atoms with Gasteiger partial charge in [-0.15, -0.1) is 0 Å². The zero-order valence-corrected chi connectivity index (χ0v) is 12.0. The second-order valence-electron chi connectivity index (χ2n) is 4.39. The summed E-state index contributed by atoms with van der Waals surface area (Å²) in [5.41, 5.74) is 3.35. The van der Waals surface area contributed by atoms with Gasteiger partial charge in [-0.3, -0.25) is 0 Å². The lowest BCUT2D eigenvalue weighted by Crippen LogP contribution is -2.06. The number of rotatable bonds is 4. The highest BCUT2D eigenvalue weighted by Crippen LogP contribution is 2.22. The smallest absolute Gasteiger partial charge is 0.107 e. The van der Waals surface area contributed by atoms with Crippen molar-refractivity contribution in [2.75, 3.05) is 7.11 Å². The number of halogens is 1. The van der Waals surface area contributed by atoms with Crippen molar-refractivity contribution in [1.29, 1.82) is 0 Å². The van der Waals surface area contributed by atoms with Crippen LogP contribution in [0.5, 0.6) is 0 Å². The van der Waals surface area contributed by atoms with E-state index >= 15 is 0 Å². The fourth-order valence-corrected chi connectivity index (χ4v) is 2.45. The van der Waals surface area contributed by atoms with E-state index in [0.29, 0.717) is 0 Å². The van der Waals surface area contributed by atoms with E-state index in [1.54, 1.807) is 7.11 Å². The fraction of sp³-hybridized carbons (Fsp3) is 0.462. The van der Waals surface area contributed by atoms with E-state index in [4.69, 9.17) is 4.74 Å². The van der Waals surface area contributed by atoms with Gasteiger partial charge < -0.3 is 9.72 Å². The molecule has 3 nitrogen and oxygen atoms in total. The molecule has 4 heteroatoms. The minimum Gasteiger partial charge on any atom is -0.382 e. The van der Waals surface area contributed by atoms with Crippen molar-refractivity contribution in [3.63, 3.8) is 0 Å². The summed E-state index contributed by atoms with van der Waals surface area (Å²) in [6, 6.07) is 4.16. The average Bonchev–Trinajstić information content (AvgIpc) is 2.69. The monoisotopic (exact) mass is 296 g/mol. The second kappa shape index (κ2) is 5.19. The molecule has 0 aliphatic heterocycles. The highest BCUT2D eigenvalue weighted by molar-refractivity contribution is 9.10.